The molecule has 0 aromatic heterocycles. The molecule has 0 aliphatic rings. The second-order valence-corrected chi connectivity index (χ2v) is 21.3. The molecule has 0 rings (SSSR count). The van der Waals surface area contributed by atoms with E-state index in [1.54, 1.807) is 0 Å². The van der Waals surface area contributed by atoms with Crippen molar-refractivity contribution in [2.45, 2.75) is 348 Å². The van der Waals surface area contributed by atoms with Crippen molar-refractivity contribution in [1.29, 1.82) is 0 Å². The fourth-order valence-electron chi connectivity index (χ4n) is 9.39. The van der Waals surface area contributed by atoms with Crippen molar-refractivity contribution in [2.24, 2.45) is 0 Å². The molecule has 0 saturated carbocycles. The van der Waals surface area contributed by atoms with Gasteiger partial charge in [0.2, 0.25) is 0 Å². The molecule has 0 spiro atoms. The van der Waals surface area contributed by atoms with Gasteiger partial charge >= 0.3 is 17.9 Å². The van der Waals surface area contributed by atoms with E-state index < -0.39 is 6.10 Å². The molecule has 416 valence electrons. The minimum absolute atomic E-state index is 0.0728. The topological polar surface area (TPSA) is 78.9 Å². The first kappa shape index (κ1) is 68.6. The molecule has 0 amide bonds. The summed E-state index contributed by atoms with van der Waals surface area (Å²) in [5.74, 6) is -0.868. The minimum atomic E-state index is -0.775. The zero-order valence-electron chi connectivity index (χ0n) is 47.8. The SMILES string of the molecule is CCCCC/C=C\C/C=C\C/C=C\CCCCCCCCC(=O)OC(COC(=O)CCCCCCCCCCC)COC(=O)CCCCCCCCCCCCCCCCCCCCCCCCCCC. The lowest BCUT2D eigenvalue weighted by Crippen LogP contribution is -2.30. The highest BCUT2D eigenvalue weighted by atomic mass is 16.6. The third kappa shape index (κ3) is 58.4. The molecule has 1 unspecified atom stereocenters. The van der Waals surface area contributed by atoms with Crippen LogP contribution in [0.15, 0.2) is 36.5 Å². The summed E-state index contributed by atoms with van der Waals surface area (Å²) in [6.45, 7) is 6.64. The van der Waals surface area contributed by atoms with Gasteiger partial charge in [0.05, 0.1) is 0 Å². The van der Waals surface area contributed by atoms with Gasteiger partial charge in [-0.05, 0) is 57.8 Å². The number of esters is 3. The normalized spacial score (nSPS) is 12.2. The quantitative estimate of drug-likeness (QED) is 0.0261. The number of hydrogen-bond donors (Lipinski definition) is 0. The van der Waals surface area contributed by atoms with Gasteiger partial charge in [-0.25, -0.2) is 0 Å². The molecule has 0 aromatic rings. The first-order chi connectivity index (χ1) is 35.0. The van der Waals surface area contributed by atoms with Gasteiger partial charge in [-0.1, -0.05) is 301 Å². The number of ether oxygens (including phenoxy) is 3. The maximum Gasteiger partial charge on any atom is 0.306 e. The molecule has 0 radical (unpaired) electrons. The third-order valence-corrected chi connectivity index (χ3v) is 14.1. The van der Waals surface area contributed by atoms with E-state index in [2.05, 4.69) is 57.2 Å². The second-order valence-electron chi connectivity index (χ2n) is 21.3. The Kier molecular flexibility index (Phi) is 58.2. The van der Waals surface area contributed by atoms with E-state index in [-0.39, 0.29) is 31.1 Å². The second kappa shape index (κ2) is 60.2. The van der Waals surface area contributed by atoms with E-state index in [0.29, 0.717) is 19.3 Å². The van der Waals surface area contributed by atoms with Crippen molar-refractivity contribution >= 4 is 17.9 Å². The summed E-state index contributed by atoms with van der Waals surface area (Å²) in [7, 11) is 0. The fraction of sp³-hybridized carbons (Fsp3) is 0.862. The highest BCUT2D eigenvalue weighted by molar-refractivity contribution is 5.71. The smallest absolute Gasteiger partial charge is 0.306 e. The molecule has 0 aromatic carbocycles. The Morgan fingerprint density at radius 1 is 0.282 bits per heavy atom. The van der Waals surface area contributed by atoms with Crippen LogP contribution < -0.4 is 0 Å². The lowest BCUT2D eigenvalue weighted by atomic mass is 10.0. The van der Waals surface area contributed by atoms with Crippen LogP contribution in [-0.4, -0.2) is 37.2 Å². The molecule has 0 heterocycles. The highest BCUT2D eigenvalue weighted by Gasteiger charge is 2.19. The van der Waals surface area contributed by atoms with Crippen LogP contribution in [0.5, 0.6) is 0 Å². The van der Waals surface area contributed by atoms with Gasteiger partial charge in [-0.2, -0.15) is 0 Å². The number of hydrogen-bond acceptors (Lipinski definition) is 6. The predicted octanol–water partition coefficient (Wildman–Crippen LogP) is 21.2. The number of unbranched alkanes of at least 4 members (excludes halogenated alkanes) is 41. The maximum atomic E-state index is 12.9. The molecule has 71 heavy (non-hydrogen) atoms. The Morgan fingerprint density at radius 3 is 0.817 bits per heavy atom. The van der Waals surface area contributed by atoms with Crippen molar-refractivity contribution < 1.29 is 28.6 Å². The molecule has 0 saturated heterocycles. The highest BCUT2D eigenvalue weighted by Crippen LogP contribution is 2.18. The van der Waals surface area contributed by atoms with E-state index in [1.165, 1.54) is 225 Å². The first-order valence-electron chi connectivity index (χ1n) is 31.5. The summed E-state index contributed by atoms with van der Waals surface area (Å²) in [4.78, 5) is 38.1. The van der Waals surface area contributed by atoms with Crippen molar-refractivity contribution in [3.8, 4) is 0 Å². The standard InChI is InChI=1S/C65H120O6/c1-4-7-10-13-16-19-21-23-25-27-29-30-31-32-33-34-36-37-39-41-43-46-49-52-55-58-64(67)70-61-62(60-69-63(66)57-54-51-48-45-18-15-12-9-6-3)71-65(68)59-56-53-50-47-44-42-40-38-35-28-26-24-22-20-17-14-11-8-5-2/h17,20,24,26,35,38,62H,4-16,18-19,21-23,25,27-34,36-37,39-61H2,1-3H3/b20-17-,26-24-,38-35-. The van der Waals surface area contributed by atoms with Crippen molar-refractivity contribution in [2.75, 3.05) is 13.2 Å². The van der Waals surface area contributed by atoms with Crippen molar-refractivity contribution in [3.05, 3.63) is 36.5 Å². The molecule has 6 heteroatoms. The number of rotatable bonds is 58. The van der Waals surface area contributed by atoms with Crippen LogP contribution in [0.25, 0.3) is 0 Å². The largest absolute Gasteiger partial charge is 0.462 e. The van der Waals surface area contributed by atoms with Gasteiger partial charge in [0.25, 0.3) is 0 Å². The summed E-state index contributed by atoms with van der Waals surface area (Å²) < 4.78 is 16.9. The molecule has 0 fully saturated rings. The summed E-state index contributed by atoms with van der Waals surface area (Å²) in [6.07, 6.45) is 73.1. The van der Waals surface area contributed by atoms with Crippen LogP contribution in [0.2, 0.25) is 0 Å². The van der Waals surface area contributed by atoms with Gasteiger partial charge in [0, 0.05) is 19.3 Å². The van der Waals surface area contributed by atoms with Gasteiger partial charge in [-0.15, -0.1) is 0 Å². The average Bonchev–Trinajstić information content (AvgIpc) is 3.37. The van der Waals surface area contributed by atoms with Gasteiger partial charge in [0.15, 0.2) is 6.10 Å². The Labute approximate surface area is 442 Å². The Morgan fingerprint density at radius 2 is 0.507 bits per heavy atom. The van der Waals surface area contributed by atoms with E-state index >= 15 is 0 Å². The van der Waals surface area contributed by atoms with E-state index in [0.717, 1.165) is 77.0 Å². The Bertz CT molecular complexity index is 1190. The summed E-state index contributed by atoms with van der Waals surface area (Å²) in [5.41, 5.74) is 0. The number of carbonyl (C=O) groups is 3. The molecule has 0 bridgehead atoms. The number of carbonyl (C=O) groups excluding carboxylic acids is 3. The Hall–Kier alpha value is -2.37. The fourth-order valence-corrected chi connectivity index (χ4v) is 9.39. The van der Waals surface area contributed by atoms with Crippen LogP contribution in [0.3, 0.4) is 0 Å². The zero-order chi connectivity index (χ0) is 51.4. The van der Waals surface area contributed by atoms with Crippen LogP contribution in [0, 0.1) is 0 Å². The van der Waals surface area contributed by atoms with Gasteiger partial charge in [-0.3, -0.25) is 14.4 Å². The monoisotopic (exact) mass is 997 g/mol. The third-order valence-electron chi connectivity index (χ3n) is 14.1. The van der Waals surface area contributed by atoms with E-state index in [4.69, 9.17) is 14.2 Å². The van der Waals surface area contributed by atoms with Crippen molar-refractivity contribution in [1.82, 2.24) is 0 Å². The molecule has 0 N–H and O–H groups in total. The minimum Gasteiger partial charge on any atom is -0.462 e. The average molecular weight is 998 g/mol. The zero-order valence-corrected chi connectivity index (χ0v) is 47.8. The summed E-state index contributed by atoms with van der Waals surface area (Å²) >= 11 is 0. The summed E-state index contributed by atoms with van der Waals surface area (Å²) in [6, 6.07) is 0. The molecular formula is C65H120O6. The molecule has 1 atom stereocenters. The van der Waals surface area contributed by atoms with E-state index in [9.17, 15) is 14.4 Å². The molecule has 6 nitrogen and oxygen atoms in total. The van der Waals surface area contributed by atoms with Gasteiger partial charge in [0.1, 0.15) is 13.2 Å². The maximum absolute atomic E-state index is 12.9. The molecule has 0 aliphatic carbocycles. The lowest BCUT2D eigenvalue weighted by molar-refractivity contribution is -0.167. The first-order valence-corrected chi connectivity index (χ1v) is 31.5. The van der Waals surface area contributed by atoms with E-state index in [1.807, 2.05) is 0 Å². The lowest BCUT2D eigenvalue weighted by Gasteiger charge is -2.18. The Balaban J connectivity index is 4.17. The predicted molar refractivity (Wildman–Crippen MR) is 307 cm³/mol. The van der Waals surface area contributed by atoms with Crippen molar-refractivity contribution in [3.63, 3.8) is 0 Å². The number of allylic oxidation sites excluding steroid dienone is 6. The van der Waals surface area contributed by atoms with Crippen LogP contribution >= 0.6 is 0 Å². The van der Waals surface area contributed by atoms with Crippen LogP contribution in [0.1, 0.15) is 342 Å². The van der Waals surface area contributed by atoms with Gasteiger partial charge < -0.3 is 14.2 Å². The van der Waals surface area contributed by atoms with Crippen LogP contribution in [-0.2, 0) is 28.6 Å². The van der Waals surface area contributed by atoms with Crippen LogP contribution in [0.4, 0.5) is 0 Å². The molecule has 0 aliphatic heterocycles. The summed E-state index contributed by atoms with van der Waals surface area (Å²) in [5, 5.41) is 0. The molecular weight excluding hydrogens is 877 g/mol.